The molecule has 2 aliphatic carbocycles. The number of ketones is 3. The lowest BCUT2D eigenvalue weighted by Crippen LogP contribution is -2.56. The van der Waals surface area contributed by atoms with Crippen molar-refractivity contribution in [2.24, 2.45) is 21.1 Å². The number of rotatable bonds is 10. The zero-order chi connectivity index (χ0) is 46.1. The molecule has 0 saturated carbocycles. The number of ether oxygens (including phenoxy) is 3. The molecule has 0 radical (unpaired) electrons. The molecule has 2 aromatic carbocycles. The van der Waals surface area contributed by atoms with Crippen LogP contribution in [-0.4, -0.2) is 106 Å². The summed E-state index contributed by atoms with van der Waals surface area (Å²) in [6.45, 7) is 2.68. The van der Waals surface area contributed by atoms with Gasteiger partial charge in [0, 0.05) is 75.7 Å². The van der Waals surface area contributed by atoms with Crippen LogP contribution in [0.25, 0.3) is 0 Å². The molecule has 334 valence electrons. The molecule has 7 N–H and O–H groups in total. The van der Waals surface area contributed by atoms with E-state index in [1.54, 1.807) is 54.8 Å². The summed E-state index contributed by atoms with van der Waals surface area (Å²) in [5.41, 5.74) is -2.23. The Morgan fingerprint density at radius 1 is 0.828 bits per heavy atom. The Morgan fingerprint density at radius 3 is 2.06 bits per heavy atom. The van der Waals surface area contributed by atoms with Gasteiger partial charge < -0.3 is 64.3 Å². The molecule has 8 rings (SSSR count). The molecule has 5 aromatic rings. The van der Waals surface area contributed by atoms with E-state index in [9.17, 15) is 49.2 Å². The number of fused-ring (bicyclic) bond motifs is 3. The molecule has 19 heteroatoms. The second kappa shape index (κ2) is 16.2. The molecule has 6 atom stereocenters. The van der Waals surface area contributed by atoms with Crippen LogP contribution in [0.4, 0.5) is 11.4 Å². The summed E-state index contributed by atoms with van der Waals surface area (Å²) in [6.07, 6.45) is -1.21. The van der Waals surface area contributed by atoms with E-state index in [1.807, 2.05) is 0 Å². The number of aryl methyl sites for hydroxylation is 3. The smallest absolute Gasteiger partial charge is 0.272 e. The number of phenolic OH excluding ortho intramolecular Hbond substituents is 2. The molecule has 0 bridgehead atoms. The number of aromatic hydroxyl groups is 2. The fourth-order valence-corrected chi connectivity index (χ4v) is 8.81. The van der Waals surface area contributed by atoms with E-state index < -0.39 is 101 Å². The summed E-state index contributed by atoms with van der Waals surface area (Å²) in [6, 6.07) is 9.70. The van der Waals surface area contributed by atoms with Crippen LogP contribution < -0.4 is 20.7 Å². The zero-order valence-corrected chi connectivity index (χ0v) is 35.6. The molecule has 1 saturated heterocycles. The van der Waals surface area contributed by atoms with Crippen molar-refractivity contribution in [3.8, 4) is 17.2 Å². The van der Waals surface area contributed by atoms with Crippen LogP contribution in [0.1, 0.15) is 107 Å². The Balaban J connectivity index is 1.01. The van der Waals surface area contributed by atoms with Crippen LogP contribution in [0, 0.1) is 0 Å². The van der Waals surface area contributed by atoms with E-state index >= 15 is 0 Å². The fourth-order valence-electron chi connectivity index (χ4n) is 8.81. The Bertz CT molecular complexity index is 2800. The van der Waals surface area contributed by atoms with Crippen LogP contribution >= 0.6 is 0 Å². The first-order chi connectivity index (χ1) is 30.3. The lowest BCUT2D eigenvalue weighted by molar-refractivity contribution is -0.248. The average molecular weight is 879 g/mol. The molecule has 1 fully saturated rings. The molecule has 64 heavy (non-hydrogen) atoms. The van der Waals surface area contributed by atoms with E-state index in [1.165, 1.54) is 55.1 Å². The third kappa shape index (κ3) is 7.40. The number of nitrogens with one attached hydrogen (secondary N) is 3. The largest absolute Gasteiger partial charge is 0.507 e. The highest BCUT2D eigenvalue weighted by Gasteiger charge is 2.50. The number of nitrogens with zero attached hydrogens (tertiary/aromatic N) is 3. The lowest BCUT2D eigenvalue weighted by Gasteiger charge is -2.42. The van der Waals surface area contributed by atoms with Gasteiger partial charge in [-0.25, -0.2) is 0 Å². The lowest BCUT2D eigenvalue weighted by atomic mass is 9.72. The summed E-state index contributed by atoms with van der Waals surface area (Å²) in [5, 5.41) is 54.7. The second-order valence-corrected chi connectivity index (χ2v) is 16.4. The molecule has 3 aromatic heterocycles. The number of aromatic nitrogens is 3. The van der Waals surface area contributed by atoms with Gasteiger partial charge in [0.1, 0.15) is 46.0 Å². The Labute approximate surface area is 365 Å². The SMILES string of the molecule is COc1cccc2c1C(=O)c1c(O)c3c(c(O)c1C2=O)C[C@@](O)(C(C)=O)C[C@H]3OC1CC(NC(=O)c2cc(NC(=O)c3cc(NC(=O)c4cccn4C)cn3C)cn2C)C(O)C(C)O1. The van der Waals surface area contributed by atoms with Gasteiger partial charge in [0.05, 0.1) is 53.4 Å². The normalized spacial score (nSPS) is 22.5. The third-order valence-corrected chi connectivity index (χ3v) is 12.2. The number of Topliss-reactive ketones (excluding diaryl/α,β-unsaturated/α-hetero) is 1. The molecule has 4 heterocycles. The van der Waals surface area contributed by atoms with E-state index in [0.29, 0.717) is 11.4 Å². The van der Waals surface area contributed by atoms with Crippen molar-refractivity contribution in [2.45, 2.75) is 69.4 Å². The van der Waals surface area contributed by atoms with Gasteiger partial charge >= 0.3 is 0 Å². The maximum absolute atomic E-state index is 14.0. The number of aliphatic hydroxyl groups is 2. The number of carbonyl (C=O) groups excluding carboxylic acids is 6. The quantitative estimate of drug-likeness (QED) is 0.0978. The first kappa shape index (κ1) is 43.6. The van der Waals surface area contributed by atoms with Gasteiger partial charge in [-0.2, -0.15) is 0 Å². The van der Waals surface area contributed by atoms with Crippen molar-refractivity contribution < 1.29 is 63.4 Å². The van der Waals surface area contributed by atoms with Crippen molar-refractivity contribution in [3.63, 3.8) is 0 Å². The number of phenols is 2. The maximum Gasteiger partial charge on any atom is 0.272 e. The molecule has 1 aliphatic heterocycles. The minimum atomic E-state index is -2.15. The highest BCUT2D eigenvalue weighted by Crippen LogP contribution is 2.52. The minimum Gasteiger partial charge on any atom is -0.507 e. The summed E-state index contributed by atoms with van der Waals surface area (Å²) in [7, 11) is 6.28. The number of benzene rings is 2. The van der Waals surface area contributed by atoms with E-state index in [-0.39, 0.29) is 57.4 Å². The van der Waals surface area contributed by atoms with Gasteiger partial charge in [-0.3, -0.25) is 28.8 Å². The number of hydrogen-bond donors (Lipinski definition) is 7. The van der Waals surface area contributed by atoms with Crippen molar-refractivity contribution in [1.82, 2.24) is 19.0 Å². The van der Waals surface area contributed by atoms with Crippen molar-refractivity contribution in [1.29, 1.82) is 0 Å². The maximum atomic E-state index is 14.0. The van der Waals surface area contributed by atoms with Gasteiger partial charge in [-0.05, 0) is 44.2 Å². The molecular formula is C45H46N6O13. The van der Waals surface area contributed by atoms with Gasteiger partial charge in [-0.15, -0.1) is 0 Å². The molecule has 3 aliphatic rings. The predicted molar refractivity (Wildman–Crippen MR) is 226 cm³/mol. The topological polar surface area (TPSA) is 262 Å². The van der Waals surface area contributed by atoms with Gasteiger partial charge in [0.25, 0.3) is 17.7 Å². The Morgan fingerprint density at radius 2 is 1.45 bits per heavy atom. The van der Waals surface area contributed by atoms with Gasteiger partial charge in [-0.1, -0.05) is 12.1 Å². The molecule has 4 unspecified atom stereocenters. The number of methoxy groups -OCH3 is 1. The van der Waals surface area contributed by atoms with E-state index in [2.05, 4.69) is 16.0 Å². The molecular weight excluding hydrogens is 833 g/mol. The van der Waals surface area contributed by atoms with Gasteiger partial charge in [0.15, 0.2) is 17.9 Å². The number of amides is 3. The minimum absolute atomic E-state index is 0.0674. The molecule has 19 nitrogen and oxygen atoms in total. The van der Waals surface area contributed by atoms with Crippen molar-refractivity contribution >= 4 is 46.4 Å². The average Bonchev–Trinajstić information content (AvgIpc) is 3.96. The first-order valence-electron chi connectivity index (χ1n) is 20.3. The highest BCUT2D eigenvalue weighted by atomic mass is 16.7. The highest BCUT2D eigenvalue weighted by molar-refractivity contribution is 6.31. The van der Waals surface area contributed by atoms with Crippen LogP contribution in [0.5, 0.6) is 17.2 Å². The Hall–Kier alpha value is -7.06. The number of carbonyl (C=O) groups is 6. The monoisotopic (exact) mass is 878 g/mol. The van der Waals surface area contributed by atoms with Crippen LogP contribution in [-0.2, 0) is 41.8 Å². The first-order valence-corrected chi connectivity index (χ1v) is 20.3. The van der Waals surface area contributed by atoms with Gasteiger partial charge in [0.2, 0.25) is 5.78 Å². The third-order valence-electron chi connectivity index (χ3n) is 12.2. The van der Waals surface area contributed by atoms with Crippen molar-refractivity contribution in [2.75, 3.05) is 17.7 Å². The summed E-state index contributed by atoms with van der Waals surface area (Å²) < 4.78 is 22.4. The number of anilines is 2. The van der Waals surface area contributed by atoms with E-state index in [0.717, 1.165) is 6.92 Å². The van der Waals surface area contributed by atoms with Crippen molar-refractivity contribution in [3.05, 3.63) is 112 Å². The summed E-state index contributed by atoms with van der Waals surface area (Å²) in [5.74, 6) is -5.13. The fraction of sp³-hybridized carbons (Fsp3) is 0.333. The molecule has 0 spiro atoms. The number of hydrogen-bond acceptors (Lipinski definition) is 13. The zero-order valence-electron chi connectivity index (χ0n) is 35.6. The summed E-state index contributed by atoms with van der Waals surface area (Å²) >= 11 is 0. The van der Waals surface area contributed by atoms with E-state index in [4.69, 9.17) is 14.2 Å². The van der Waals surface area contributed by atoms with Crippen LogP contribution in [0.15, 0.2) is 61.1 Å². The van der Waals surface area contributed by atoms with Crippen LogP contribution in [0.2, 0.25) is 0 Å². The second-order valence-electron chi connectivity index (χ2n) is 16.4. The standard InChI is InChI=1S/C45H46N6O13/c1-20-37(53)26(48-44(60)29-14-23(19-51(29)5)47-43(59)28-13-22(18-50(28)4)46-42(58)27-10-8-12-49(27)3)15-32(63-20)64-31-17-45(61,21(2)52)16-25-34(31)41(57)36-35(39(25)55)38(54)24-9-7-11-30(62-6)33(24)40(36)56/h7-14,18-20,26,31-32,37,53,55,57,61H,15-17H2,1-6H3,(H,46,58)(H,47,59)(H,48,60)/t20?,26?,31-,32?,37?,45+/m1/s1. The molecule has 3 amide bonds. The van der Waals surface area contributed by atoms with Crippen LogP contribution in [0.3, 0.4) is 0 Å². The predicted octanol–water partition coefficient (Wildman–Crippen LogP) is 3.02. The number of aliphatic hydroxyl groups excluding tert-OH is 1. The Kier molecular flexibility index (Phi) is 11.1. The summed E-state index contributed by atoms with van der Waals surface area (Å²) in [4.78, 5) is 80.6.